The SMILES string of the molecule is Oc1c(Br)cc(/C=N\Nc2nc3ccccc3[nH]2)c(O)c1Br. The highest BCUT2D eigenvalue weighted by molar-refractivity contribution is 9.11. The highest BCUT2D eigenvalue weighted by Crippen LogP contribution is 2.40. The molecule has 2 aromatic carbocycles. The summed E-state index contributed by atoms with van der Waals surface area (Å²) in [6.45, 7) is 0. The van der Waals surface area contributed by atoms with Crippen LogP contribution in [0.25, 0.3) is 11.0 Å². The fraction of sp³-hybridized carbons (Fsp3) is 0. The van der Waals surface area contributed by atoms with E-state index in [0.717, 1.165) is 11.0 Å². The first-order chi connectivity index (χ1) is 10.6. The first-order valence-electron chi connectivity index (χ1n) is 6.20. The summed E-state index contributed by atoms with van der Waals surface area (Å²) in [4.78, 5) is 7.39. The lowest BCUT2D eigenvalue weighted by atomic mass is 10.2. The number of hydrazone groups is 1. The minimum absolute atomic E-state index is 0.0695. The standard InChI is InChI=1S/C14H10Br2N4O2/c15-8-5-7(12(21)11(16)13(8)22)6-17-20-14-18-9-3-1-2-4-10(9)19-14/h1-6,21-22H,(H2,18,19,20)/b17-6-. The van der Waals surface area contributed by atoms with E-state index in [1.807, 2.05) is 24.3 Å². The Morgan fingerprint density at radius 1 is 1.18 bits per heavy atom. The number of aromatic nitrogens is 2. The fourth-order valence-electron chi connectivity index (χ4n) is 1.88. The number of imidazole rings is 1. The monoisotopic (exact) mass is 424 g/mol. The zero-order valence-corrected chi connectivity index (χ0v) is 14.2. The van der Waals surface area contributed by atoms with Crippen molar-refractivity contribution >= 4 is 55.1 Å². The van der Waals surface area contributed by atoms with E-state index in [-0.39, 0.29) is 16.0 Å². The molecular weight excluding hydrogens is 416 g/mol. The van der Waals surface area contributed by atoms with Crippen LogP contribution in [0.15, 0.2) is 44.4 Å². The first kappa shape index (κ1) is 14.9. The number of H-pyrrole nitrogens is 1. The number of anilines is 1. The van der Waals surface area contributed by atoms with E-state index in [1.54, 1.807) is 6.07 Å². The number of para-hydroxylation sites is 2. The quantitative estimate of drug-likeness (QED) is 0.377. The van der Waals surface area contributed by atoms with E-state index < -0.39 is 0 Å². The molecule has 22 heavy (non-hydrogen) atoms. The number of aromatic hydroxyl groups is 2. The Labute approximate surface area is 142 Å². The molecular formula is C14H10Br2N4O2. The molecule has 3 rings (SSSR count). The third-order valence-corrected chi connectivity index (χ3v) is 4.32. The number of nitrogens with one attached hydrogen (secondary N) is 2. The molecule has 0 aliphatic heterocycles. The minimum atomic E-state index is -0.101. The summed E-state index contributed by atoms with van der Waals surface area (Å²) < 4.78 is 0.648. The van der Waals surface area contributed by atoms with Crippen molar-refractivity contribution in [3.8, 4) is 11.5 Å². The maximum absolute atomic E-state index is 9.94. The third kappa shape index (κ3) is 2.79. The maximum atomic E-state index is 9.94. The molecule has 0 spiro atoms. The number of phenolic OH excluding ortho intramolecular Hbond substituents is 2. The zero-order chi connectivity index (χ0) is 15.7. The molecule has 0 atom stereocenters. The Balaban J connectivity index is 1.83. The number of hydrogen-bond donors (Lipinski definition) is 4. The van der Waals surface area contributed by atoms with Gasteiger partial charge in [-0.1, -0.05) is 12.1 Å². The van der Waals surface area contributed by atoms with Gasteiger partial charge < -0.3 is 15.2 Å². The molecule has 0 saturated carbocycles. The Hall–Kier alpha value is -2.06. The summed E-state index contributed by atoms with van der Waals surface area (Å²) in [5, 5.41) is 23.6. The molecule has 0 bridgehead atoms. The lowest BCUT2D eigenvalue weighted by molar-refractivity contribution is 0.442. The predicted octanol–water partition coefficient (Wildman–Crippen LogP) is 3.95. The number of aromatic amines is 1. The topological polar surface area (TPSA) is 93.5 Å². The second kappa shape index (κ2) is 5.98. The van der Waals surface area contributed by atoms with Gasteiger partial charge in [0.15, 0.2) is 0 Å². The number of hydrogen-bond acceptors (Lipinski definition) is 5. The smallest absolute Gasteiger partial charge is 0.222 e. The molecule has 4 N–H and O–H groups in total. The maximum Gasteiger partial charge on any atom is 0.222 e. The third-order valence-electron chi connectivity index (χ3n) is 2.96. The number of fused-ring (bicyclic) bond motifs is 1. The number of nitrogens with zero attached hydrogens (tertiary/aromatic N) is 2. The van der Waals surface area contributed by atoms with Crippen LogP contribution in [0.3, 0.4) is 0 Å². The van der Waals surface area contributed by atoms with Gasteiger partial charge in [0.05, 0.1) is 21.7 Å². The molecule has 0 unspecified atom stereocenters. The van der Waals surface area contributed by atoms with Crippen LogP contribution in [-0.2, 0) is 0 Å². The Kier molecular flexibility index (Phi) is 4.04. The summed E-state index contributed by atoms with van der Waals surface area (Å²) in [5.74, 6) is 0.324. The van der Waals surface area contributed by atoms with Crippen molar-refractivity contribution in [2.24, 2.45) is 5.10 Å². The minimum Gasteiger partial charge on any atom is -0.506 e. The van der Waals surface area contributed by atoms with Gasteiger partial charge in [-0.25, -0.2) is 10.4 Å². The van der Waals surface area contributed by atoms with Gasteiger partial charge in [-0.3, -0.25) is 0 Å². The number of halogens is 2. The van der Waals surface area contributed by atoms with E-state index >= 15 is 0 Å². The summed E-state index contributed by atoms with van der Waals surface area (Å²) in [7, 11) is 0. The molecule has 0 fully saturated rings. The van der Waals surface area contributed by atoms with E-state index in [1.165, 1.54) is 6.21 Å². The van der Waals surface area contributed by atoms with Crippen LogP contribution in [-0.4, -0.2) is 26.4 Å². The predicted molar refractivity (Wildman–Crippen MR) is 92.5 cm³/mol. The second-order valence-electron chi connectivity index (χ2n) is 4.43. The lowest BCUT2D eigenvalue weighted by Gasteiger charge is -2.06. The fourth-order valence-corrected chi connectivity index (χ4v) is 3.04. The van der Waals surface area contributed by atoms with Crippen molar-refractivity contribution < 1.29 is 10.2 Å². The number of phenols is 2. The van der Waals surface area contributed by atoms with Crippen molar-refractivity contribution in [1.29, 1.82) is 0 Å². The van der Waals surface area contributed by atoms with Crippen molar-refractivity contribution in [3.05, 3.63) is 44.8 Å². The van der Waals surface area contributed by atoms with Gasteiger partial charge in [0, 0.05) is 5.56 Å². The normalized spacial score (nSPS) is 11.4. The molecule has 0 aliphatic carbocycles. The molecule has 0 aliphatic rings. The Morgan fingerprint density at radius 2 is 1.95 bits per heavy atom. The van der Waals surface area contributed by atoms with Crippen LogP contribution < -0.4 is 5.43 Å². The van der Waals surface area contributed by atoms with Crippen molar-refractivity contribution in [1.82, 2.24) is 9.97 Å². The number of benzene rings is 2. The Bertz CT molecular complexity index is 844. The largest absolute Gasteiger partial charge is 0.506 e. The molecule has 3 aromatic rings. The van der Waals surface area contributed by atoms with Gasteiger partial charge in [-0.15, -0.1) is 0 Å². The molecule has 1 heterocycles. The number of rotatable bonds is 3. The lowest BCUT2D eigenvalue weighted by Crippen LogP contribution is -1.93. The molecule has 1 aromatic heterocycles. The molecule has 8 heteroatoms. The summed E-state index contributed by atoms with van der Waals surface area (Å²) in [6, 6.07) is 9.17. The van der Waals surface area contributed by atoms with Crippen molar-refractivity contribution in [2.75, 3.05) is 5.43 Å². The molecule has 0 saturated heterocycles. The van der Waals surface area contributed by atoms with E-state index in [0.29, 0.717) is 16.0 Å². The van der Waals surface area contributed by atoms with Crippen LogP contribution in [0.1, 0.15) is 5.56 Å². The summed E-state index contributed by atoms with van der Waals surface area (Å²) in [6.07, 6.45) is 1.43. The summed E-state index contributed by atoms with van der Waals surface area (Å²) >= 11 is 6.31. The molecule has 0 amide bonds. The highest BCUT2D eigenvalue weighted by Gasteiger charge is 2.12. The van der Waals surface area contributed by atoms with Gasteiger partial charge in [0.1, 0.15) is 16.0 Å². The van der Waals surface area contributed by atoms with Gasteiger partial charge in [-0.05, 0) is 50.1 Å². The average Bonchev–Trinajstić information content (AvgIpc) is 2.93. The van der Waals surface area contributed by atoms with Crippen LogP contribution in [0.4, 0.5) is 5.95 Å². The van der Waals surface area contributed by atoms with Crippen LogP contribution in [0.2, 0.25) is 0 Å². The van der Waals surface area contributed by atoms with Gasteiger partial charge in [0.25, 0.3) is 0 Å². The van der Waals surface area contributed by atoms with Crippen LogP contribution in [0.5, 0.6) is 11.5 Å². The summed E-state index contributed by atoms with van der Waals surface area (Å²) in [5.41, 5.74) is 4.93. The zero-order valence-electron chi connectivity index (χ0n) is 11.0. The van der Waals surface area contributed by atoms with Crippen LogP contribution in [0, 0.1) is 0 Å². The van der Waals surface area contributed by atoms with E-state index in [9.17, 15) is 10.2 Å². The molecule has 0 radical (unpaired) electrons. The van der Waals surface area contributed by atoms with Gasteiger partial charge in [-0.2, -0.15) is 5.10 Å². The van der Waals surface area contributed by atoms with Gasteiger partial charge in [0.2, 0.25) is 5.95 Å². The van der Waals surface area contributed by atoms with Crippen molar-refractivity contribution in [2.45, 2.75) is 0 Å². The first-order valence-corrected chi connectivity index (χ1v) is 7.78. The molecule has 6 nitrogen and oxygen atoms in total. The highest BCUT2D eigenvalue weighted by atomic mass is 79.9. The Morgan fingerprint density at radius 3 is 2.73 bits per heavy atom. The molecule has 112 valence electrons. The average molecular weight is 426 g/mol. The van der Waals surface area contributed by atoms with Crippen LogP contribution >= 0.6 is 31.9 Å². The van der Waals surface area contributed by atoms with E-state index in [2.05, 4.69) is 52.4 Å². The van der Waals surface area contributed by atoms with Crippen molar-refractivity contribution in [3.63, 3.8) is 0 Å². The second-order valence-corrected chi connectivity index (χ2v) is 6.08. The van der Waals surface area contributed by atoms with Gasteiger partial charge >= 0.3 is 0 Å². The van der Waals surface area contributed by atoms with E-state index in [4.69, 9.17) is 0 Å².